The summed E-state index contributed by atoms with van der Waals surface area (Å²) in [5.41, 5.74) is 5.95. The quantitative estimate of drug-likeness (QED) is 0.662. The van der Waals surface area contributed by atoms with Crippen molar-refractivity contribution in [2.75, 3.05) is 11.5 Å². The van der Waals surface area contributed by atoms with Gasteiger partial charge in [0, 0.05) is 5.75 Å². The van der Waals surface area contributed by atoms with E-state index in [-0.39, 0.29) is 23.2 Å². The number of carbonyl (C=O) groups excluding carboxylic acids is 1. The molecule has 0 spiro atoms. The van der Waals surface area contributed by atoms with Gasteiger partial charge in [0.2, 0.25) is 5.91 Å². The molecule has 3 aliphatic heterocycles. The van der Waals surface area contributed by atoms with Crippen LogP contribution in [-0.2, 0) is 20.4 Å². The number of β-lactam (4-membered cyclic amide) rings is 1. The number of nitrogens with zero attached hydrogens (tertiary/aromatic N) is 4. The van der Waals surface area contributed by atoms with Crippen molar-refractivity contribution in [2.24, 2.45) is 21.2 Å². The first-order chi connectivity index (χ1) is 10.4. The predicted octanol–water partition coefficient (Wildman–Crippen LogP) is -0.516. The molecular weight excluding hydrogens is 330 g/mol. The fourth-order valence-corrected chi connectivity index (χ4v) is 5.17. The Kier molecular flexibility index (Phi) is 3.87. The van der Waals surface area contributed by atoms with E-state index in [1.54, 1.807) is 0 Å². The molecule has 1 amide bonds. The molecule has 0 aromatic rings. The lowest BCUT2D eigenvalue weighted by molar-refractivity contribution is -0.148. The topological polar surface area (TPSA) is 138 Å². The lowest BCUT2D eigenvalue weighted by Crippen LogP contribution is -2.71. The Morgan fingerprint density at radius 1 is 1.59 bits per heavy atom. The van der Waals surface area contributed by atoms with Gasteiger partial charge in [-0.15, -0.1) is 16.9 Å². The number of thioether (sulfide) groups is 1. The van der Waals surface area contributed by atoms with Gasteiger partial charge in [0.1, 0.15) is 28.2 Å². The fraction of sp³-hybridized carbons (Fsp3) is 0.545. The van der Waals surface area contributed by atoms with Crippen LogP contribution >= 0.6 is 11.8 Å². The third-order valence-corrected chi connectivity index (χ3v) is 6.46. The molecule has 22 heavy (non-hydrogen) atoms. The summed E-state index contributed by atoms with van der Waals surface area (Å²) in [5.74, 6) is -1.36. The summed E-state index contributed by atoms with van der Waals surface area (Å²) in [7, 11) is -1.40. The lowest BCUT2D eigenvalue weighted by Gasteiger charge is -2.47. The Morgan fingerprint density at radius 3 is 2.91 bits per heavy atom. The minimum Gasteiger partial charge on any atom is -0.477 e. The lowest BCUT2D eigenvalue weighted by atomic mass is 10.0. The van der Waals surface area contributed by atoms with Crippen LogP contribution in [0.25, 0.3) is 0 Å². The third-order valence-electron chi connectivity index (χ3n) is 3.57. The summed E-state index contributed by atoms with van der Waals surface area (Å²) in [4.78, 5) is 24.4. The second-order valence-corrected chi connectivity index (χ2v) is 7.54. The second-order valence-electron chi connectivity index (χ2n) is 5.01. The Balaban J connectivity index is 1.85. The van der Waals surface area contributed by atoms with E-state index in [2.05, 4.69) is 15.4 Å². The van der Waals surface area contributed by atoms with Crippen LogP contribution in [0.5, 0.6) is 0 Å². The van der Waals surface area contributed by atoms with E-state index in [1.807, 2.05) is 6.92 Å². The van der Waals surface area contributed by atoms with Gasteiger partial charge in [0.25, 0.3) is 0 Å². The number of hydrogen-bond donors (Lipinski definition) is 2. The van der Waals surface area contributed by atoms with Gasteiger partial charge < -0.3 is 10.8 Å². The maximum atomic E-state index is 12.2. The fourth-order valence-electron chi connectivity index (χ4n) is 2.46. The van der Waals surface area contributed by atoms with Gasteiger partial charge in [-0.1, -0.05) is 0 Å². The molecule has 2 unspecified atom stereocenters. The van der Waals surface area contributed by atoms with Crippen molar-refractivity contribution >= 4 is 39.5 Å². The summed E-state index contributed by atoms with van der Waals surface area (Å²) < 4.78 is 12.2. The summed E-state index contributed by atoms with van der Waals surface area (Å²) in [5, 5.41) is 20.6. The highest BCUT2D eigenvalue weighted by molar-refractivity contribution is 8.14. The minimum atomic E-state index is -1.40. The summed E-state index contributed by atoms with van der Waals surface area (Å²) in [6.45, 7) is 1.82. The van der Waals surface area contributed by atoms with Crippen LogP contribution in [0.2, 0.25) is 0 Å². The highest BCUT2D eigenvalue weighted by atomic mass is 32.2. The number of hydrogen-bond acceptors (Lipinski definition) is 8. The number of carboxylic acid groups (broad SMARTS) is 1. The summed E-state index contributed by atoms with van der Waals surface area (Å²) in [6.07, 6.45) is 0. The smallest absolute Gasteiger partial charge is 0.352 e. The molecule has 3 heterocycles. The molecule has 1 saturated heterocycles. The van der Waals surface area contributed by atoms with Gasteiger partial charge in [-0.25, -0.2) is 4.79 Å². The van der Waals surface area contributed by atoms with E-state index in [0.717, 1.165) is 4.90 Å². The number of nitrogens with two attached hydrogens (primary N) is 1. The van der Waals surface area contributed by atoms with Crippen LogP contribution in [0.1, 0.15) is 6.92 Å². The van der Waals surface area contributed by atoms with Crippen LogP contribution in [0.4, 0.5) is 0 Å². The zero-order valence-corrected chi connectivity index (χ0v) is 13.1. The second kappa shape index (κ2) is 5.56. The number of rotatable bonds is 3. The molecule has 0 radical (unpaired) electrons. The zero-order chi connectivity index (χ0) is 16.0. The van der Waals surface area contributed by atoms with Crippen LogP contribution in [-0.4, -0.2) is 60.1 Å². The average molecular weight is 343 g/mol. The zero-order valence-electron chi connectivity index (χ0n) is 11.5. The first-order valence-electron chi connectivity index (χ1n) is 6.43. The highest BCUT2D eigenvalue weighted by Crippen LogP contribution is 2.35. The Bertz CT molecular complexity index is 673. The van der Waals surface area contributed by atoms with E-state index in [4.69, 9.17) is 5.73 Å². The first-order valence-corrected chi connectivity index (χ1v) is 8.80. The van der Waals surface area contributed by atoms with Crippen LogP contribution in [0.15, 0.2) is 26.7 Å². The molecule has 9 nitrogen and oxygen atoms in total. The van der Waals surface area contributed by atoms with Gasteiger partial charge in [0.15, 0.2) is 0 Å². The van der Waals surface area contributed by atoms with Gasteiger partial charge >= 0.3 is 5.97 Å². The predicted molar refractivity (Wildman–Crippen MR) is 80.5 cm³/mol. The number of fused-ring (bicyclic) bond motifs is 1. The molecule has 3 N–H and O–H groups in total. The normalized spacial score (nSPS) is 33.6. The molecule has 0 aromatic heterocycles. The maximum absolute atomic E-state index is 12.2. The Morgan fingerprint density at radius 2 is 2.32 bits per heavy atom. The van der Waals surface area contributed by atoms with Crippen molar-refractivity contribution in [1.82, 2.24) is 4.90 Å². The molecule has 3 aliphatic rings. The maximum Gasteiger partial charge on any atom is 0.352 e. The van der Waals surface area contributed by atoms with E-state index in [1.165, 1.54) is 11.8 Å². The molecule has 3 rings (SSSR count). The average Bonchev–Trinajstić information content (AvgIpc) is 2.88. The number of carboxylic acids is 1. The van der Waals surface area contributed by atoms with Crippen molar-refractivity contribution in [3.63, 3.8) is 0 Å². The van der Waals surface area contributed by atoms with E-state index >= 15 is 0 Å². The standard InChI is InChI=1S/C11H13N5O4S2/c1-4-8(14-15-13-4)21-2-5-3-22(20)10-6(12)9(17)16(10)7(5)11(18)19/h4,6,10H,2-3,12H2,1H3,(H,18,19)/t4?,6-,10-,22?/m1/s1. The molecule has 0 bridgehead atoms. The first kappa shape index (κ1) is 15.3. The Hall–Kier alpha value is -1.59. The van der Waals surface area contributed by atoms with Gasteiger partial charge in [0.05, 0.1) is 16.6 Å². The van der Waals surface area contributed by atoms with Crippen molar-refractivity contribution in [2.45, 2.75) is 24.4 Å². The minimum absolute atomic E-state index is 0.0900. The largest absolute Gasteiger partial charge is 0.477 e. The monoisotopic (exact) mass is 343 g/mol. The van der Waals surface area contributed by atoms with Crippen LogP contribution in [0.3, 0.4) is 0 Å². The van der Waals surface area contributed by atoms with Crippen molar-refractivity contribution in [3.05, 3.63) is 11.3 Å². The van der Waals surface area contributed by atoms with E-state index in [0.29, 0.717) is 10.6 Å². The molecular formula is C11H13N5O4S2. The number of carbonyl (C=O) groups is 2. The third kappa shape index (κ3) is 2.29. The van der Waals surface area contributed by atoms with Gasteiger partial charge in [-0.3, -0.25) is 13.9 Å². The molecule has 11 heteroatoms. The number of aliphatic carboxylic acids is 1. The molecule has 118 valence electrons. The van der Waals surface area contributed by atoms with Crippen LogP contribution in [0, 0.1) is 0 Å². The molecule has 1 fully saturated rings. The van der Waals surface area contributed by atoms with Gasteiger partial charge in [-0.05, 0) is 17.7 Å². The van der Waals surface area contributed by atoms with E-state index < -0.39 is 34.1 Å². The van der Waals surface area contributed by atoms with Gasteiger partial charge in [-0.2, -0.15) is 5.11 Å². The summed E-state index contributed by atoms with van der Waals surface area (Å²) >= 11 is 1.29. The van der Waals surface area contributed by atoms with E-state index in [9.17, 15) is 18.9 Å². The van der Waals surface area contributed by atoms with Crippen molar-refractivity contribution in [1.29, 1.82) is 0 Å². The molecule has 0 aliphatic carbocycles. The van der Waals surface area contributed by atoms with Crippen LogP contribution < -0.4 is 5.73 Å². The molecule has 4 atom stereocenters. The Labute approximate surface area is 132 Å². The number of amides is 1. The SMILES string of the molecule is CC1N=NN=C1SCC1=C(C(=O)O)N2C(=O)[C@@H](N)[C@H]2S(=O)C1. The molecule has 0 saturated carbocycles. The van der Waals surface area contributed by atoms with Crippen molar-refractivity contribution in [3.8, 4) is 0 Å². The summed E-state index contributed by atoms with van der Waals surface area (Å²) in [6, 6.07) is -1.05. The highest BCUT2D eigenvalue weighted by Gasteiger charge is 2.54. The molecule has 0 aromatic carbocycles. The van der Waals surface area contributed by atoms with Crippen molar-refractivity contribution < 1.29 is 18.9 Å².